The lowest BCUT2D eigenvalue weighted by Gasteiger charge is -2.40. The molecule has 1 unspecified atom stereocenters. The molecular weight excluding hydrogens is 536 g/mol. The molecule has 5 rings (SSSR count). The maximum Gasteiger partial charge on any atom is 0.311 e. The predicted molar refractivity (Wildman–Crippen MR) is 154 cm³/mol. The molecule has 6 atom stereocenters. The van der Waals surface area contributed by atoms with E-state index in [-0.39, 0.29) is 30.9 Å². The lowest BCUT2D eigenvalue weighted by molar-refractivity contribution is -0.154. The van der Waals surface area contributed by atoms with Gasteiger partial charge in [0.15, 0.2) is 0 Å². The summed E-state index contributed by atoms with van der Waals surface area (Å²) in [5.74, 6) is -2.32. The number of rotatable bonds is 5. The Balaban J connectivity index is 1.68. The Hall–Kier alpha value is -2.29. The van der Waals surface area contributed by atoms with E-state index in [1.165, 1.54) is 11.8 Å². The summed E-state index contributed by atoms with van der Waals surface area (Å²) in [6.45, 7) is 6.36. The highest BCUT2D eigenvalue weighted by atomic mass is 35.5. The van der Waals surface area contributed by atoms with Crippen LogP contribution in [0.1, 0.15) is 46.5 Å². The normalized spacial score (nSPS) is 34.3. The number of para-hydroxylation sites is 1. The van der Waals surface area contributed by atoms with Gasteiger partial charge >= 0.3 is 5.97 Å². The molecule has 7 nitrogen and oxygen atoms in total. The summed E-state index contributed by atoms with van der Waals surface area (Å²) < 4.78 is 3.99. The van der Waals surface area contributed by atoms with Gasteiger partial charge in [-0.2, -0.15) is 0 Å². The molecule has 1 aromatic carbocycles. The number of likely N-dealkylation sites (tertiary alicyclic amines) is 1. The first-order valence-electron chi connectivity index (χ1n) is 13.9. The SMILES string of the molecule is CC(C)C[C@H](CO)N1C(=O)[C@@H]2[C@H]3C(=O)OCCCC/C=C\[C@@]3(C)S[C@@]23C=CCN(c2ccccc2Cl)C(=O)C13. The molecule has 39 heavy (non-hydrogen) atoms. The Morgan fingerprint density at radius 3 is 2.59 bits per heavy atom. The van der Waals surface area contributed by atoms with Crippen LogP contribution >= 0.6 is 23.4 Å². The Morgan fingerprint density at radius 2 is 1.87 bits per heavy atom. The van der Waals surface area contributed by atoms with Crippen LogP contribution < -0.4 is 4.90 Å². The van der Waals surface area contributed by atoms with Crippen LogP contribution in [-0.4, -0.2) is 69.1 Å². The van der Waals surface area contributed by atoms with Crippen LogP contribution in [0.25, 0.3) is 0 Å². The van der Waals surface area contributed by atoms with Crippen molar-refractivity contribution in [3.05, 3.63) is 53.6 Å². The van der Waals surface area contributed by atoms with Gasteiger partial charge in [0.2, 0.25) is 5.91 Å². The van der Waals surface area contributed by atoms with Gasteiger partial charge in [0.25, 0.3) is 5.91 Å². The zero-order chi connectivity index (χ0) is 27.9. The number of aliphatic hydroxyl groups is 1. The quantitative estimate of drug-likeness (QED) is 0.409. The van der Waals surface area contributed by atoms with Crippen molar-refractivity contribution in [2.75, 3.05) is 24.7 Å². The molecule has 2 amide bonds. The molecule has 0 saturated carbocycles. The smallest absolute Gasteiger partial charge is 0.311 e. The molecule has 1 N–H and O–H groups in total. The summed E-state index contributed by atoms with van der Waals surface area (Å²) in [6, 6.07) is 5.70. The van der Waals surface area contributed by atoms with Crippen molar-refractivity contribution < 1.29 is 24.2 Å². The van der Waals surface area contributed by atoms with Crippen molar-refractivity contribution in [1.29, 1.82) is 0 Å². The number of hydrogen-bond acceptors (Lipinski definition) is 6. The van der Waals surface area contributed by atoms with Gasteiger partial charge in [0.05, 0.1) is 46.5 Å². The van der Waals surface area contributed by atoms with Crippen LogP contribution in [0.5, 0.6) is 0 Å². The second-order valence-corrected chi connectivity index (χ2v) is 13.8. The zero-order valence-corrected chi connectivity index (χ0v) is 24.3. The number of thioether (sulfide) groups is 1. The van der Waals surface area contributed by atoms with Crippen molar-refractivity contribution in [1.82, 2.24) is 4.90 Å². The highest BCUT2D eigenvalue weighted by Gasteiger charge is 2.74. The summed E-state index contributed by atoms with van der Waals surface area (Å²) in [6.07, 6.45) is 11.1. The van der Waals surface area contributed by atoms with Crippen LogP contribution in [0.2, 0.25) is 5.02 Å². The predicted octanol–water partition coefficient (Wildman–Crippen LogP) is 4.62. The number of amides is 2. The van der Waals surface area contributed by atoms with Crippen molar-refractivity contribution in [3.8, 4) is 0 Å². The molecular formula is C30H37ClN2O5S. The molecule has 4 aliphatic rings. The fraction of sp³-hybridized carbons (Fsp3) is 0.567. The average molecular weight is 573 g/mol. The van der Waals surface area contributed by atoms with Crippen molar-refractivity contribution in [3.63, 3.8) is 0 Å². The topological polar surface area (TPSA) is 87.2 Å². The molecule has 1 aromatic rings. The number of fused-ring (bicyclic) bond motifs is 2. The molecule has 210 valence electrons. The zero-order valence-electron chi connectivity index (χ0n) is 22.7. The lowest BCUT2D eigenvalue weighted by atomic mass is 9.74. The van der Waals surface area contributed by atoms with Gasteiger partial charge in [-0.3, -0.25) is 14.4 Å². The first-order chi connectivity index (χ1) is 18.6. The van der Waals surface area contributed by atoms with E-state index >= 15 is 0 Å². The first-order valence-corrected chi connectivity index (χ1v) is 15.0. The number of cyclic esters (lactones) is 1. The van der Waals surface area contributed by atoms with E-state index in [0.717, 1.165) is 19.3 Å². The Morgan fingerprint density at radius 1 is 1.10 bits per heavy atom. The largest absolute Gasteiger partial charge is 0.465 e. The first kappa shape index (κ1) is 28.2. The number of carbonyl (C=O) groups excluding carboxylic acids is 3. The minimum absolute atomic E-state index is 0.182. The van der Waals surface area contributed by atoms with Crippen molar-refractivity contribution in [2.45, 2.75) is 68.0 Å². The van der Waals surface area contributed by atoms with Crippen molar-refractivity contribution in [2.24, 2.45) is 17.8 Å². The molecule has 2 fully saturated rings. The van der Waals surface area contributed by atoms with Gasteiger partial charge < -0.3 is 19.6 Å². The molecule has 2 saturated heterocycles. The standard InChI is InChI=1S/C30H37ClN2O5S/c1-19(2)17-20(18-34)33-25-27(36)32(22-12-7-6-11-21(22)31)15-10-14-30(25)23(26(33)35)24-28(37)38-16-9-5-4-8-13-29(24,3)39-30/h6-8,10-14,19-20,23-25,34H,4-5,9,15-18H2,1-3H3/b13-8-/t20-,23+,24+,25?,29-,30+/m1/s1. The maximum atomic E-state index is 14.6. The molecule has 0 aromatic heterocycles. The summed E-state index contributed by atoms with van der Waals surface area (Å²) >= 11 is 8.06. The van der Waals surface area contributed by atoms with E-state index in [1.807, 2.05) is 51.1 Å². The monoisotopic (exact) mass is 572 g/mol. The third kappa shape index (κ3) is 4.72. The van der Waals surface area contributed by atoms with Crippen LogP contribution in [0, 0.1) is 17.8 Å². The number of hydrogen-bond donors (Lipinski definition) is 1. The Kier molecular flexibility index (Phi) is 7.92. The van der Waals surface area contributed by atoms with Crippen LogP contribution in [0.3, 0.4) is 0 Å². The second-order valence-electron chi connectivity index (χ2n) is 11.6. The van der Waals surface area contributed by atoms with Gasteiger partial charge in [-0.25, -0.2) is 0 Å². The van der Waals surface area contributed by atoms with Crippen molar-refractivity contribution >= 4 is 46.8 Å². The summed E-state index contributed by atoms with van der Waals surface area (Å²) in [5, 5.41) is 10.9. The number of nitrogens with zero attached hydrogens (tertiary/aromatic N) is 2. The third-order valence-corrected chi connectivity index (χ3v) is 10.5. The Bertz CT molecular complexity index is 1200. The van der Waals surface area contributed by atoms with Gasteiger partial charge in [0, 0.05) is 11.3 Å². The van der Waals surface area contributed by atoms with Crippen LogP contribution in [-0.2, 0) is 19.1 Å². The minimum atomic E-state index is -1.01. The van der Waals surface area contributed by atoms with E-state index in [2.05, 4.69) is 6.08 Å². The van der Waals surface area contributed by atoms with E-state index in [1.54, 1.807) is 21.9 Å². The number of aliphatic hydroxyl groups excluding tert-OH is 1. The van der Waals surface area contributed by atoms with Gasteiger partial charge in [-0.15, -0.1) is 11.8 Å². The molecule has 9 heteroatoms. The summed E-state index contributed by atoms with van der Waals surface area (Å²) in [4.78, 5) is 46.0. The fourth-order valence-corrected chi connectivity index (χ4v) is 9.21. The van der Waals surface area contributed by atoms with E-state index in [9.17, 15) is 19.5 Å². The number of anilines is 1. The Labute approximate surface area is 239 Å². The number of halogens is 1. The van der Waals surface area contributed by atoms with Crippen LogP contribution in [0.4, 0.5) is 5.69 Å². The number of esters is 1. The summed E-state index contributed by atoms with van der Waals surface area (Å²) in [5.41, 5.74) is 0.568. The van der Waals surface area contributed by atoms with E-state index in [0.29, 0.717) is 23.7 Å². The third-order valence-electron chi connectivity index (χ3n) is 8.43. The number of benzene rings is 1. The van der Waals surface area contributed by atoms with Gasteiger partial charge in [-0.1, -0.05) is 61.9 Å². The minimum Gasteiger partial charge on any atom is -0.465 e. The average Bonchev–Trinajstić information content (AvgIpc) is 3.23. The molecule has 0 aliphatic carbocycles. The van der Waals surface area contributed by atoms with Gasteiger partial charge in [0.1, 0.15) is 6.04 Å². The highest BCUT2D eigenvalue weighted by Crippen LogP contribution is 2.65. The molecule has 1 spiro atoms. The van der Waals surface area contributed by atoms with E-state index < -0.39 is 39.4 Å². The number of carbonyl (C=O) groups is 3. The molecule has 0 bridgehead atoms. The molecule has 4 aliphatic heterocycles. The highest BCUT2D eigenvalue weighted by molar-refractivity contribution is 8.02. The summed E-state index contributed by atoms with van der Waals surface area (Å²) in [7, 11) is 0. The molecule has 0 radical (unpaired) electrons. The molecule has 4 heterocycles. The fourth-order valence-electron chi connectivity index (χ4n) is 6.84. The second kappa shape index (κ2) is 10.9. The van der Waals surface area contributed by atoms with Crippen LogP contribution in [0.15, 0.2) is 48.6 Å². The maximum absolute atomic E-state index is 14.6. The number of allylic oxidation sites excluding steroid dienone is 1. The number of ether oxygens (including phenoxy) is 1. The van der Waals surface area contributed by atoms with E-state index in [4.69, 9.17) is 16.3 Å². The lowest BCUT2D eigenvalue weighted by Crippen LogP contribution is -2.57. The van der Waals surface area contributed by atoms with Gasteiger partial charge in [-0.05, 0) is 50.7 Å².